The lowest BCUT2D eigenvalue weighted by Gasteiger charge is -2.19. The van der Waals surface area contributed by atoms with Gasteiger partial charge in [-0.25, -0.2) is 4.68 Å². The molecule has 9 nitrogen and oxygen atoms in total. The molecule has 3 heterocycles. The summed E-state index contributed by atoms with van der Waals surface area (Å²) in [5.74, 6) is 0.157. The lowest BCUT2D eigenvalue weighted by atomic mass is 10.1. The molecule has 0 saturated carbocycles. The van der Waals surface area contributed by atoms with E-state index in [0.717, 1.165) is 5.56 Å². The van der Waals surface area contributed by atoms with E-state index in [9.17, 15) is 9.59 Å². The number of ether oxygens (including phenoxy) is 1. The number of rotatable bonds is 5. The quantitative estimate of drug-likeness (QED) is 0.707. The maximum Gasteiger partial charge on any atom is 0.262 e. The number of tetrazole rings is 1. The molecular formula is C16H14N6O3S. The lowest BCUT2D eigenvalue weighted by molar-refractivity contribution is -0.118. The molecule has 26 heavy (non-hydrogen) atoms. The van der Waals surface area contributed by atoms with E-state index >= 15 is 0 Å². The van der Waals surface area contributed by atoms with E-state index in [0.29, 0.717) is 17.1 Å². The number of nitrogens with one attached hydrogen (secondary N) is 2. The molecule has 0 saturated heterocycles. The minimum Gasteiger partial charge on any atom is -0.482 e. The van der Waals surface area contributed by atoms with Gasteiger partial charge >= 0.3 is 0 Å². The molecule has 0 aliphatic carbocycles. The van der Waals surface area contributed by atoms with Crippen LogP contribution in [0.1, 0.15) is 18.0 Å². The fourth-order valence-electron chi connectivity index (χ4n) is 2.69. The summed E-state index contributed by atoms with van der Waals surface area (Å²) in [4.78, 5) is 24.0. The van der Waals surface area contributed by atoms with Crippen LogP contribution in [-0.4, -0.2) is 38.6 Å². The highest BCUT2D eigenvalue weighted by atomic mass is 32.1. The highest BCUT2D eigenvalue weighted by molar-refractivity contribution is 7.08. The summed E-state index contributed by atoms with van der Waals surface area (Å²) in [6.07, 6.45) is 1.66. The zero-order valence-corrected chi connectivity index (χ0v) is 14.3. The Kier molecular flexibility index (Phi) is 4.32. The zero-order chi connectivity index (χ0) is 17.9. The van der Waals surface area contributed by atoms with Crippen LogP contribution in [0.25, 0.3) is 0 Å². The number of anilines is 2. The number of aromatic nitrogens is 4. The van der Waals surface area contributed by atoms with Crippen molar-refractivity contribution in [3.63, 3.8) is 0 Å². The number of hydrogen-bond acceptors (Lipinski definition) is 7. The highest BCUT2D eigenvalue weighted by Crippen LogP contribution is 2.31. The third-order valence-electron chi connectivity index (χ3n) is 3.89. The van der Waals surface area contributed by atoms with Gasteiger partial charge in [0, 0.05) is 5.69 Å². The lowest BCUT2D eigenvalue weighted by Crippen LogP contribution is -2.25. The highest BCUT2D eigenvalue weighted by Gasteiger charge is 2.21. The summed E-state index contributed by atoms with van der Waals surface area (Å²) in [5, 5.41) is 20.7. The third-order valence-corrected chi connectivity index (χ3v) is 4.59. The first-order valence-corrected chi connectivity index (χ1v) is 8.74. The van der Waals surface area contributed by atoms with E-state index in [1.54, 1.807) is 34.2 Å². The molecule has 10 heteroatoms. The molecule has 132 valence electrons. The van der Waals surface area contributed by atoms with Crippen molar-refractivity contribution in [2.45, 2.75) is 12.5 Å². The second-order valence-corrected chi connectivity index (χ2v) is 6.44. The van der Waals surface area contributed by atoms with Gasteiger partial charge in [0.1, 0.15) is 12.1 Å². The zero-order valence-electron chi connectivity index (χ0n) is 13.5. The molecule has 1 atom stereocenters. The van der Waals surface area contributed by atoms with Gasteiger partial charge < -0.3 is 15.4 Å². The Labute approximate surface area is 152 Å². The number of fused-ring (bicyclic) bond motifs is 1. The summed E-state index contributed by atoms with van der Waals surface area (Å²) in [6.45, 7) is -0.00698. The van der Waals surface area contributed by atoms with Gasteiger partial charge in [0.15, 0.2) is 6.61 Å². The Morgan fingerprint density at radius 3 is 3.12 bits per heavy atom. The Hall–Kier alpha value is -3.27. The molecule has 1 aromatic carbocycles. The summed E-state index contributed by atoms with van der Waals surface area (Å²) in [7, 11) is 0. The number of thiophene rings is 1. The van der Waals surface area contributed by atoms with Gasteiger partial charge in [0.05, 0.1) is 18.2 Å². The molecular weight excluding hydrogens is 356 g/mol. The number of carbonyl (C=O) groups is 2. The molecule has 0 radical (unpaired) electrons. The smallest absolute Gasteiger partial charge is 0.262 e. The number of hydrogen-bond donors (Lipinski definition) is 2. The first kappa shape index (κ1) is 16.2. The van der Waals surface area contributed by atoms with Gasteiger partial charge in [-0.05, 0) is 51.0 Å². The van der Waals surface area contributed by atoms with Crippen molar-refractivity contribution in [3.8, 4) is 5.75 Å². The van der Waals surface area contributed by atoms with Crippen molar-refractivity contribution in [2.75, 3.05) is 17.2 Å². The minimum absolute atomic E-state index is 0.00698. The second kappa shape index (κ2) is 6.92. The van der Waals surface area contributed by atoms with Gasteiger partial charge in [-0.2, -0.15) is 11.3 Å². The first-order valence-electron chi connectivity index (χ1n) is 7.80. The summed E-state index contributed by atoms with van der Waals surface area (Å²) in [5.41, 5.74) is 2.07. The normalized spacial score (nSPS) is 14.1. The summed E-state index contributed by atoms with van der Waals surface area (Å²) >= 11 is 1.54. The van der Waals surface area contributed by atoms with E-state index in [1.807, 2.05) is 16.8 Å². The molecule has 0 spiro atoms. The van der Waals surface area contributed by atoms with Gasteiger partial charge in [-0.3, -0.25) is 9.59 Å². The number of nitrogens with zero attached hydrogens (tertiary/aromatic N) is 4. The first-order chi connectivity index (χ1) is 12.7. The van der Waals surface area contributed by atoms with Crippen LogP contribution in [0.2, 0.25) is 0 Å². The van der Waals surface area contributed by atoms with Crippen molar-refractivity contribution in [2.24, 2.45) is 0 Å². The molecule has 2 aromatic heterocycles. The maximum absolute atomic E-state index is 12.5. The van der Waals surface area contributed by atoms with E-state index in [2.05, 4.69) is 26.2 Å². The van der Waals surface area contributed by atoms with Crippen molar-refractivity contribution >= 4 is 34.5 Å². The van der Waals surface area contributed by atoms with Crippen LogP contribution < -0.4 is 15.4 Å². The third kappa shape index (κ3) is 3.40. The fourth-order valence-corrected chi connectivity index (χ4v) is 3.40. The van der Waals surface area contributed by atoms with Crippen LogP contribution in [0.4, 0.5) is 11.4 Å². The van der Waals surface area contributed by atoms with Crippen LogP contribution in [0.5, 0.6) is 5.75 Å². The monoisotopic (exact) mass is 370 g/mol. The van der Waals surface area contributed by atoms with E-state index in [4.69, 9.17) is 4.74 Å². The van der Waals surface area contributed by atoms with E-state index in [-0.39, 0.29) is 30.9 Å². The summed E-state index contributed by atoms with van der Waals surface area (Å²) < 4.78 is 6.87. The molecule has 0 fully saturated rings. The van der Waals surface area contributed by atoms with Crippen molar-refractivity contribution < 1.29 is 14.3 Å². The van der Waals surface area contributed by atoms with Gasteiger partial charge in [-0.1, -0.05) is 0 Å². The second-order valence-electron chi connectivity index (χ2n) is 5.66. The van der Waals surface area contributed by atoms with E-state index in [1.165, 1.54) is 6.33 Å². The van der Waals surface area contributed by atoms with Crippen LogP contribution in [0.15, 0.2) is 41.4 Å². The average Bonchev–Trinajstić information content (AvgIpc) is 3.33. The van der Waals surface area contributed by atoms with Crippen LogP contribution in [0.3, 0.4) is 0 Å². The average molecular weight is 370 g/mol. The molecule has 2 N–H and O–H groups in total. The molecule has 1 aliphatic rings. The maximum atomic E-state index is 12.5. The number of amides is 2. The largest absolute Gasteiger partial charge is 0.482 e. The molecule has 3 aromatic rings. The summed E-state index contributed by atoms with van der Waals surface area (Å²) in [6, 6.07) is 6.75. The van der Waals surface area contributed by atoms with E-state index < -0.39 is 0 Å². The van der Waals surface area contributed by atoms with Crippen LogP contribution in [-0.2, 0) is 9.59 Å². The van der Waals surface area contributed by atoms with Crippen LogP contribution in [0, 0.1) is 0 Å². The van der Waals surface area contributed by atoms with Crippen molar-refractivity contribution in [1.82, 2.24) is 20.2 Å². The minimum atomic E-state index is -0.295. The Balaban J connectivity index is 1.49. The molecule has 4 rings (SSSR count). The number of benzene rings is 1. The molecule has 0 unspecified atom stereocenters. The Morgan fingerprint density at radius 1 is 1.42 bits per heavy atom. The SMILES string of the molecule is O=C(C[C@@H](c1ccsc1)n1cnnn1)Nc1ccc2c(c1)NC(=O)CO2. The predicted octanol–water partition coefficient (Wildman–Crippen LogP) is 1.68. The topological polar surface area (TPSA) is 111 Å². The standard InChI is InChI=1S/C16H14N6O3S/c23-15(6-13(10-3-4-26-8-10)22-9-17-20-21-22)18-11-1-2-14-12(5-11)19-16(24)7-25-14/h1-5,8-9,13H,6-7H2,(H,18,23)(H,19,24)/t13-/m0/s1. The molecule has 1 aliphatic heterocycles. The van der Waals surface area contributed by atoms with Crippen molar-refractivity contribution in [1.29, 1.82) is 0 Å². The van der Waals surface area contributed by atoms with Gasteiger partial charge in [-0.15, -0.1) is 5.10 Å². The molecule has 0 bridgehead atoms. The number of carbonyl (C=O) groups excluding carboxylic acids is 2. The van der Waals surface area contributed by atoms with Crippen LogP contribution >= 0.6 is 11.3 Å². The van der Waals surface area contributed by atoms with Gasteiger partial charge in [0.25, 0.3) is 5.91 Å². The fraction of sp³-hybridized carbons (Fsp3) is 0.188. The Morgan fingerprint density at radius 2 is 2.35 bits per heavy atom. The molecule has 2 amide bonds. The predicted molar refractivity (Wildman–Crippen MR) is 94.1 cm³/mol. The Bertz CT molecular complexity index is 891. The van der Waals surface area contributed by atoms with Gasteiger partial charge in [0.2, 0.25) is 5.91 Å². The van der Waals surface area contributed by atoms with Crippen molar-refractivity contribution in [3.05, 3.63) is 46.9 Å².